The normalized spacial score (nSPS) is 24.6. The molecule has 44 heavy (non-hydrogen) atoms. The van der Waals surface area contributed by atoms with E-state index in [2.05, 4.69) is 0 Å². The van der Waals surface area contributed by atoms with Crippen LogP contribution in [0.3, 0.4) is 0 Å². The van der Waals surface area contributed by atoms with Crippen LogP contribution in [0.15, 0.2) is 108 Å². The maximum absolute atomic E-state index is 13.6. The predicted octanol–water partition coefficient (Wildman–Crippen LogP) is 6.66. The van der Waals surface area contributed by atoms with Gasteiger partial charge in [0, 0.05) is 10.5 Å². The molecule has 0 bridgehead atoms. The SMILES string of the molecule is Cc1ccc(S[C@@H]2O[C@@H]3COC(c4ccccc4)O[C@@H]3[C@H](OC(=O)c3ccc(F)cc3)[C@H]2OC(=O)c2ccc(F)cc2)cc1. The monoisotopic (exact) mass is 618 g/mol. The van der Waals surface area contributed by atoms with Crippen LogP contribution in [0.1, 0.15) is 38.1 Å². The van der Waals surface area contributed by atoms with Crippen LogP contribution < -0.4 is 0 Å². The van der Waals surface area contributed by atoms with Crippen LogP contribution in [0.4, 0.5) is 8.78 Å². The Balaban J connectivity index is 1.36. The summed E-state index contributed by atoms with van der Waals surface area (Å²) in [6.07, 6.45) is -4.72. The highest BCUT2D eigenvalue weighted by Gasteiger charge is 2.54. The van der Waals surface area contributed by atoms with Crippen molar-refractivity contribution in [3.8, 4) is 0 Å². The molecule has 226 valence electrons. The summed E-state index contributed by atoms with van der Waals surface area (Å²) in [5.74, 6) is -2.54. The van der Waals surface area contributed by atoms with Crippen molar-refractivity contribution in [2.45, 2.75) is 48.0 Å². The number of benzene rings is 4. The maximum atomic E-state index is 13.6. The number of hydrogen-bond donors (Lipinski definition) is 0. The Kier molecular flexibility index (Phi) is 9.04. The van der Waals surface area contributed by atoms with Gasteiger partial charge in [-0.3, -0.25) is 0 Å². The second-order valence-electron chi connectivity index (χ2n) is 10.4. The molecule has 2 fully saturated rings. The molecule has 2 heterocycles. The standard InChI is InChI=1S/C34H28F2O7S/c1-20-7-17-26(18-8-20)44-34-30(42-32(38)22-11-15-25(36)16-12-22)29(41-31(37)21-9-13-24(35)14-10-21)28-27(40-34)19-39-33(43-28)23-5-3-2-4-6-23/h2-18,27-30,33-34H,19H2,1H3/t27-,28+,29+,30-,33?,34+/m1/s1. The third-order valence-corrected chi connectivity index (χ3v) is 8.43. The van der Waals surface area contributed by atoms with Crippen molar-refractivity contribution in [1.29, 1.82) is 0 Å². The first kappa shape index (κ1) is 30.0. The largest absolute Gasteiger partial charge is 0.452 e. The topological polar surface area (TPSA) is 80.3 Å². The molecule has 1 unspecified atom stereocenters. The molecule has 0 amide bonds. The number of carbonyl (C=O) groups excluding carboxylic acids is 2. The van der Waals surface area contributed by atoms with Crippen molar-refractivity contribution in [2.24, 2.45) is 0 Å². The van der Waals surface area contributed by atoms with Crippen LogP contribution in [0.5, 0.6) is 0 Å². The van der Waals surface area contributed by atoms with Crippen molar-refractivity contribution >= 4 is 23.7 Å². The fraction of sp³-hybridized carbons (Fsp3) is 0.235. The maximum Gasteiger partial charge on any atom is 0.338 e. The van der Waals surface area contributed by atoms with Crippen molar-refractivity contribution < 1.29 is 42.1 Å². The summed E-state index contributed by atoms with van der Waals surface area (Å²) in [6, 6.07) is 26.8. The van der Waals surface area contributed by atoms with Gasteiger partial charge in [-0.1, -0.05) is 59.8 Å². The Morgan fingerprint density at radius 1 is 0.727 bits per heavy atom. The highest BCUT2D eigenvalue weighted by molar-refractivity contribution is 7.99. The molecule has 4 aromatic carbocycles. The summed E-state index contributed by atoms with van der Waals surface area (Å²) in [5, 5.41) is 0. The second-order valence-corrected chi connectivity index (χ2v) is 11.6. The molecule has 6 atom stereocenters. The van der Waals surface area contributed by atoms with Gasteiger partial charge in [0.2, 0.25) is 0 Å². The lowest BCUT2D eigenvalue weighted by Gasteiger charge is -2.48. The third kappa shape index (κ3) is 6.84. The van der Waals surface area contributed by atoms with E-state index in [4.69, 9.17) is 23.7 Å². The Labute approximate surface area is 257 Å². The quantitative estimate of drug-likeness (QED) is 0.213. The molecule has 0 saturated carbocycles. The summed E-state index contributed by atoms with van der Waals surface area (Å²) < 4.78 is 58.1. The average molecular weight is 619 g/mol. The third-order valence-electron chi connectivity index (χ3n) is 7.27. The number of aryl methyl sites for hydroxylation is 1. The number of hydrogen-bond acceptors (Lipinski definition) is 8. The molecule has 0 radical (unpaired) electrons. The molecule has 2 aliphatic heterocycles. The minimum Gasteiger partial charge on any atom is -0.452 e. The molecule has 0 aromatic heterocycles. The van der Waals surface area contributed by atoms with Crippen molar-refractivity contribution in [3.63, 3.8) is 0 Å². The molecule has 0 N–H and O–H groups in total. The number of fused-ring (bicyclic) bond motifs is 1. The first-order valence-corrected chi connectivity index (χ1v) is 14.9. The minimum absolute atomic E-state index is 0.103. The number of rotatable bonds is 7. The molecular formula is C34H28F2O7S. The molecule has 4 aromatic rings. The second kappa shape index (κ2) is 13.3. The van der Waals surface area contributed by atoms with E-state index in [0.29, 0.717) is 0 Å². The molecule has 2 saturated heterocycles. The van der Waals surface area contributed by atoms with Crippen LogP contribution >= 0.6 is 11.8 Å². The van der Waals surface area contributed by atoms with Gasteiger partial charge < -0.3 is 23.7 Å². The first-order chi connectivity index (χ1) is 21.3. The van der Waals surface area contributed by atoms with Crippen LogP contribution in [0.25, 0.3) is 0 Å². The Bertz CT molecular complexity index is 1580. The summed E-state index contributed by atoms with van der Waals surface area (Å²) >= 11 is 1.29. The van der Waals surface area contributed by atoms with Crippen LogP contribution in [0.2, 0.25) is 0 Å². The lowest BCUT2D eigenvalue weighted by atomic mass is 9.98. The summed E-state index contributed by atoms with van der Waals surface area (Å²) in [7, 11) is 0. The average Bonchev–Trinajstić information content (AvgIpc) is 3.04. The number of esters is 2. The highest BCUT2D eigenvalue weighted by Crippen LogP contribution is 2.41. The first-order valence-electron chi connectivity index (χ1n) is 14.0. The molecular weight excluding hydrogens is 590 g/mol. The van der Waals surface area contributed by atoms with Gasteiger partial charge in [0.1, 0.15) is 29.3 Å². The highest BCUT2D eigenvalue weighted by atomic mass is 32.2. The number of carbonyl (C=O) groups is 2. The van der Waals surface area contributed by atoms with Crippen molar-refractivity contribution in [1.82, 2.24) is 0 Å². The zero-order valence-electron chi connectivity index (χ0n) is 23.5. The van der Waals surface area contributed by atoms with Gasteiger partial charge in [0.05, 0.1) is 17.7 Å². The van der Waals surface area contributed by atoms with E-state index in [1.165, 1.54) is 36.0 Å². The summed E-state index contributed by atoms with van der Waals surface area (Å²) in [4.78, 5) is 27.6. The zero-order valence-corrected chi connectivity index (χ0v) is 24.3. The van der Waals surface area contributed by atoms with Gasteiger partial charge >= 0.3 is 11.9 Å². The Morgan fingerprint density at radius 3 is 1.89 bits per heavy atom. The van der Waals surface area contributed by atoms with E-state index in [0.717, 1.165) is 40.3 Å². The van der Waals surface area contributed by atoms with E-state index in [9.17, 15) is 18.4 Å². The van der Waals surface area contributed by atoms with Gasteiger partial charge in [0.25, 0.3) is 0 Å². The van der Waals surface area contributed by atoms with Crippen molar-refractivity contribution in [3.05, 3.63) is 137 Å². The molecule has 7 nitrogen and oxygen atoms in total. The van der Waals surface area contributed by atoms with Gasteiger partial charge in [0.15, 0.2) is 18.5 Å². The van der Waals surface area contributed by atoms with Crippen LogP contribution in [-0.4, -0.2) is 48.4 Å². The summed E-state index contributed by atoms with van der Waals surface area (Å²) in [6.45, 7) is 2.08. The predicted molar refractivity (Wildman–Crippen MR) is 157 cm³/mol. The molecule has 0 aliphatic carbocycles. The van der Waals surface area contributed by atoms with Gasteiger partial charge in [-0.05, 0) is 67.6 Å². The van der Waals surface area contributed by atoms with E-state index >= 15 is 0 Å². The van der Waals surface area contributed by atoms with Gasteiger partial charge in [-0.15, -0.1) is 0 Å². The molecule has 0 spiro atoms. The smallest absolute Gasteiger partial charge is 0.338 e. The Morgan fingerprint density at radius 2 is 1.30 bits per heavy atom. The molecule has 2 aliphatic rings. The minimum atomic E-state index is -1.17. The fourth-order valence-electron chi connectivity index (χ4n) is 4.99. The number of thioether (sulfide) groups is 1. The Hall–Kier alpha value is -4.09. The van der Waals surface area contributed by atoms with E-state index in [1.54, 1.807) is 0 Å². The van der Waals surface area contributed by atoms with E-state index in [1.807, 2.05) is 61.5 Å². The van der Waals surface area contributed by atoms with Crippen LogP contribution in [0, 0.1) is 18.6 Å². The van der Waals surface area contributed by atoms with E-state index < -0.39 is 59.7 Å². The lowest BCUT2D eigenvalue weighted by Crippen LogP contribution is -2.63. The fourth-order valence-corrected chi connectivity index (χ4v) is 6.09. The zero-order chi connectivity index (χ0) is 30.6. The number of ether oxygens (including phenoxy) is 5. The van der Waals surface area contributed by atoms with Crippen molar-refractivity contribution in [2.75, 3.05) is 6.61 Å². The van der Waals surface area contributed by atoms with Crippen LogP contribution in [-0.2, 0) is 23.7 Å². The lowest BCUT2D eigenvalue weighted by molar-refractivity contribution is -0.317. The van der Waals surface area contributed by atoms with Gasteiger partial charge in [-0.25, -0.2) is 18.4 Å². The van der Waals surface area contributed by atoms with Gasteiger partial charge in [-0.2, -0.15) is 0 Å². The van der Waals surface area contributed by atoms with E-state index in [-0.39, 0.29) is 17.7 Å². The molecule has 6 rings (SSSR count). The molecule has 10 heteroatoms. The number of halogens is 2. The summed E-state index contributed by atoms with van der Waals surface area (Å²) in [5.41, 5.74) is 1.16.